The van der Waals surface area contributed by atoms with Gasteiger partial charge in [0.05, 0.1) is 18.4 Å². The molecule has 1 aromatic heterocycles. The Morgan fingerprint density at radius 2 is 1.75 bits per heavy atom. The number of nitrogens with one attached hydrogen (secondary N) is 1. The van der Waals surface area contributed by atoms with Crippen LogP contribution in [0.15, 0.2) is 60.7 Å². The zero-order valence-electron chi connectivity index (χ0n) is 18.5. The Balaban J connectivity index is 1.43. The van der Waals surface area contributed by atoms with E-state index in [1.807, 2.05) is 55.5 Å². The average Bonchev–Trinajstić information content (AvgIpc) is 2.81. The summed E-state index contributed by atoms with van der Waals surface area (Å²) in [6.07, 6.45) is 1.96. The summed E-state index contributed by atoms with van der Waals surface area (Å²) in [5.41, 5.74) is 4.50. The SMILES string of the molecule is COc1ccc(NC(=O)c2ccc(C)nc2C2CCN(Cc3ccc(Cl)cc3)CC2)cc1. The molecule has 0 bridgehead atoms. The Morgan fingerprint density at radius 1 is 1.06 bits per heavy atom. The lowest BCUT2D eigenvalue weighted by Crippen LogP contribution is -2.33. The topological polar surface area (TPSA) is 54.5 Å². The summed E-state index contributed by atoms with van der Waals surface area (Å²) in [6, 6.07) is 19.2. The molecule has 0 aliphatic carbocycles. The highest BCUT2D eigenvalue weighted by Gasteiger charge is 2.26. The number of carbonyl (C=O) groups is 1. The van der Waals surface area contributed by atoms with Crippen molar-refractivity contribution < 1.29 is 9.53 Å². The molecule has 3 aromatic rings. The number of pyridine rings is 1. The van der Waals surface area contributed by atoms with Gasteiger partial charge in [-0.1, -0.05) is 23.7 Å². The lowest BCUT2D eigenvalue weighted by Gasteiger charge is -2.32. The van der Waals surface area contributed by atoms with E-state index in [-0.39, 0.29) is 11.8 Å². The third kappa shape index (κ3) is 5.47. The molecule has 2 aromatic carbocycles. The number of benzene rings is 2. The van der Waals surface area contributed by atoms with Crippen LogP contribution in [0.2, 0.25) is 5.02 Å². The first kappa shape index (κ1) is 22.3. The summed E-state index contributed by atoms with van der Waals surface area (Å²) >= 11 is 6.00. The predicted octanol–water partition coefficient (Wildman–Crippen LogP) is 5.68. The standard InChI is InChI=1S/C26H28ClN3O2/c1-18-3-12-24(26(31)29-22-8-10-23(32-2)11-9-22)25(28-18)20-13-15-30(16-14-20)17-19-4-6-21(27)7-5-19/h3-12,20H,13-17H2,1-2H3,(H,29,31). The Morgan fingerprint density at radius 3 is 2.41 bits per heavy atom. The van der Waals surface area contributed by atoms with Crippen molar-refractivity contribution in [2.24, 2.45) is 0 Å². The first-order chi connectivity index (χ1) is 15.5. The number of anilines is 1. The van der Waals surface area contributed by atoms with Gasteiger partial charge >= 0.3 is 0 Å². The maximum atomic E-state index is 13.1. The van der Waals surface area contributed by atoms with Gasteiger partial charge in [0.1, 0.15) is 5.75 Å². The number of piperidine rings is 1. The van der Waals surface area contributed by atoms with Crippen molar-refractivity contribution in [1.29, 1.82) is 0 Å². The summed E-state index contributed by atoms with van der Waals surface area (Å²) in [6.45, 7) is 4.84. The second-order valence-corrected chi connectivity index (χ2v) is 8.68. The summed E-state index contributed by atoms with van der Waals surface area (Å²) in [7, 11) is 1.62. The molecule has 0 saturated carbocycles. The zero-order valence-corrected chi connectivity index (χ0v) is 19.2. The highest BCUT2D eigenvalue weighted by Crippen LogP contribution is 2.30. The van der Waals surface area contributed by atoms with E-state index in [0.717, 1.165) is 60.3 Å². The Bertz CT molecular complexity index is 1060. The Kier molecular flexibility index (Phi) is 7.08. The number of carbonyl (C=O) groups excluding carboxylic acids is 1. The molecular weight excluding hydrogens is 422 g/mol. The number of aromatic nitrogens is 1. The van der Waals surface area contributed by atoms with Gasteiger partial charge in [-0.3, -0.25) is 14.7 Å². The van der Waals surface area contributed by atoms with E-state index >= 15 is 0 Å². The van der Waals surface area contributed by atoms with Crippen molar-refractivity contribution in [3.05, 3.63) is 88.2 Å². The average molecular weight is 450 g/mol. The van der Waals surface area contributed by atoms with Crippen molar-refractivity contribution in [3.63, 3.8) is 0 Å². The van der Waals surface area contributed by atoms with Gasteiger partial charge in [0.15, 0.2) is 0 Å². The molecule has 1 amide bonds. The maximum absolute atomic E-state index is 13.1. The fourth-order valence-electron chi connectivity index (χ4n) is 4.17. The molecule has 166 valence electrons. The number of rotatable bonds is 6. The fraction of sp³-hybridized carbons (Fsp3) is 0.308. The van der Waals surface area contributed by atoms with E-state index in [4.69, 9.17) is 21.3 Å². The molecule has 1 saturated heterocycles. The number of hydrogen-bond donors (Lipinski definition) is 1. The molecule has 0 spiro atoms. The third-order valence-electron chi connectivity index (χ3n) is 5.95. The molecule has 1 N–H and O–H groups in total. The van der Waals surface area contributed by atoms with Crippen molar-refractivity contribution in [1.82, 2.24) is 9.88 Å². The van der Waals surface area contributed by atoms with Crippen LogP contribution in [0.3, 0.4) is 0 Å². The molecule has 4 rings (SSSR count). The lowest BCUT2D eigenvalue weighted by atomic mass is 9.89. The van der Waals surface area contributed by atoms with Crippen molar-refractivity contribution in [2.75, 3.05) is 25.5 Å². The molecule has 6 heteroatoms. The van der Waals surface area contributed by atoms with Crippen LogP contribution >= 0.6 is 11.6 Å². The van der Waals surface area contributed by atoms with Gasteiger partial charge in [-0.25, -0.2) is 0 Å². The second-order valence-electron chi connectivity index (χ2n) is 8.24. The number of likely N-dealkylation sites (tertiary alicyclic amines) is 1. The predicted molar refractivity (Wildman–Crippen MR) is 129 cm³/mol. The largest absolute Gasteiger partial charge is 0.497 e. The molecule has 1 aliphatic heterocycles. The number of halogens is 1. The van der Waals surface area contributed by atoms with Crippen LogP contribution in [0.5, 0.6) is 5.75 Å². The van der Waals surface area contributed by atoms with Crippen LogP contribution in [-0.2, 0) is 6.54 Å². The van der Waals surface area contributed by atoms with Crippen molar-refractivity contribution in [2.45, 2.75) is 32.2 Å². The van der Waals surface area contributed by atoms with Gasteiger partial charge in [0, 0.05) is 28.9 Å². The lowest BCUT2D eigenvalue weighted by molar-refractivity contribution is 0.102. The van der Waals surface area contributed by atoms with Crippen LogP contribution in [0.4, 0.5) is 5.69 Å². The van der Waals surface area contributed by atoms with E-state index in [1.54, 1.807) is 7.11 Å². The number of ether oxygens (including phenoxy) is 1. The van der Waals surface area contributed by atoms with E-state index in [0.29, 0.717) is 5.56 Å². The van der Waals surface area contributed by atoms with Gasteiger partial charge in [-0.05, 0) is 86.9 Å². The molecule has 32 heavy (non-hydrogen) atoms. The molecule has 1 fully saturated rings. The normalized spacial score (nSPS) is 14.8. The minimum Gasteiger partial charge on any atom is -0.497 e. The molecule has 0 atom stereocenters. The molecular formula is C26H28ClN3O2. The number of hydrogen-bond acceptors (Lipinski definition) is 4. The van der Waals surface area contributed by atoms with Gasteiger partial charge in [0.2, 0.25) is 0 Å². The highest BCUT2D eigenvalue weighted by atomic mass is 35.5. The van der Waals surface area contributed by atoms with E-state index in [2.05, 4.69) is 22.3 Å². The second kappa shape index (κ2) is 10.2. The summed E-state index contributed by atoms with van der Waals surface area (Å²) < 4.78 is 5.19. The van der Waals surface area contributed by atoms with Gasteiger partial charge in [-0.15, -0.1) is 0 Å². The number of nitrogens with zero attached hydrogens (tertiary/aromatic N) is 2. The molecule has 0 unspecified atom stereocenters. The molecule has 5 nitrogen and oxygen atoms in total. The van der Waals surface area contributed by atoms with Gasteiger partial charge in [-0.2, -0.15) is 0 Å². The smallest absolute Gasteiger partial charge is 0.257 e. The number of amides is 1. The molecule has 1 aliphatic rings. The van der Waals surface area contributed by atoms with Crippen molar-refractivity contribution >= 4 is 23.2 Å². The van der Waals surface area contributed by atoms with E-state index in [1.165, 1.54) is 5.56 Å². The number of aryl methyl sites for hydroxylation is 1. The monoisotopic (exact) mass is 449 g/mol. The molecule has 0 radical (unpaired) electrons. The van der Waals surface area contributed by atoms with Crippen LogP contribution in [0.25, 0.3) is 0 Å². The summed E-state index contributed by atoms with van der Waals surface area (Å²) in [5, 5.41) is 3.76. The van der Waals surface area contributed by atoms with Crippen LogP contribution in [0.1, 0.15) is 46.1 Å². The fourth-order valence-corrected chi connectivity index (χ4v) is 4.29. The van der Waals surface area contributed by atoms with Crippen LogP contribution in [-0.4, -0.2) is 36.0 Å². The first-order valence-corrected chi connectivity index (χ1v) is 11.3. The molecule has 2 heterocycles. The van der Waals surface area contributed by atoms with Crippen molar-refractivity contribution in [3.8, 4) is 5.75 Å². The van der Waals surface area contributed by atoms with E-state index in [9.17, 15) is 4.79 Å². The minimum atomic E-state index is -0.124. The van der Waals surface area contributed by atoms with Crippen LogP contribution in [0, 0.1) is 6.92 Å². The summed E-state index contributed by atoms with van der Waals surface area (Å²) in [4.78, 5) is 20.3. The highest BCUT2D eigenvalue weighted by molar-refractivity contribution is 6.30. The van der Waals surface area contributed by atoms with E-state index < -0.39 is 0 Å². The van der Waals surface area contributed by atoms with Crippen LogP contribution < -0.4 is 10.1 Å². The minimum absolute atomic E-state index is 0.124. The Labute approximate surface area is 194 Å². The summed E-state index contributed by atoms with van der Waals surface area (Å²) in [5.74, 6) is 0.903. The first-order valence-electron chi connectivity index (χ1n) is 10.9. The number of methoxy groups -OCH3 is 1. The Hall–Kier alpha value is -2.89. The quantitative estimate of drug-likeness (QED) is 0.525. The zero-order chi connectivity index (χ0) is 22.5. The maximum Gasteiger partial charge on any atom is 0.257 e. The van der Waals surface area contributed by atoms with Gasteiger partial charge < -0.3 is 10.1 Å². The van der Waals surface area contributed by atoms with Gasteiger partial charge in [0.25, 0.3) is 5.91 Å². The third-order valence-corrected chi connectivity index (χ3v) is 6.20.